The average molecular weight is 445 g/mol. The van der Waals surface area contributed by atoms with Gasteiger partial charge in [-0.15, -0.1) is 0 Å². The Kier molecular flexibility index (Phi) is 5.68. The maximum Gasteiger partial charge on any atom is 0.258 e. The van der Waals surface area contributed by atoms with Crippen LogP contribution in [0, 0.1) is 5.82 Å². The predicted molar refractivity (Wildman–Crippen MR) is 125 cm³/mol. The zero-order chi connectivity index (χ0) is 22.8. The highest BCUT2D eigenvalue weighted by Gasteiger charge is 2.42. The van der Waals surface area contributed by atoms with Crippen LogP contribution >= 0.6 is 0 Å². The zero-order valence-electron chi connectivity index (χ0n) is 18.2. The quantitative estimate of drug-likeness (QED) is 0.634. The van der Waals surface area contributed by atoms with E-state index in [1.54, 1.807) is 41.3 Å². The van der Waals surface area contributed by atoms with Crippen molar-refractivity contribution >= 4 is 23.2 Å². The fourth-order valence-corrected chi connectivity index (χ4v) is 4.80. The molecule has 0 bridgehead atoms. The van der Waals surface area contributed by atoms with Gasteiger partial charge in [-0.3, -0.25) is 9.59 Å². The SMILES string of the molecule is O=C(c1ccc(NC(=O)C2(c3cccc(F)c3)CCOCC2)cc1)N1CCc2ccccc21. The van der Waals surface area contributed by atoms with Crippen LogP contribution in [0.25, 0.3) is 0 Å². The van der Waals surface area contributed by atoms with Gasteiger partial charge in [0.1, 0.15) is 5.82 Å². The summed E-state index contributed by atoms with van der Waals surface area (Å²) in [6.45, 7) is 1.54. The second-order valence-corrected chi connectivity index (χ2v) is 8.57. The number of rotatable bonds is 4. The molecule has 2 heterocycles. The van der Waals surface area contributed by atoms with Crippen LogP contribution in [-0.4, -0.2) is 31.6 Å². The van der Waals surface area contributed by atoms with Crippen LogP contribution in [-0.2, 0) is 21.4 Å². The molecule has 1 fully saturated rings. The van der Waals surface area contributed by atoms with Crippen LogP contribution in [0.3, 0.4) is 0 Å². The molecule has 33 heavy (non-hydrogen) atoms. The Bertz CT molecular complexity index is 1190. The smallest absolute Gasteiger partial charge is 0.258 e. The molecule has 0 aromatic heterocycles. The lowest BCUT2D eigenvalue weighted by molar-refractivity contribution is -0.125. The summed E-state index contributed by atoms with van der Waals surface area (Å²) in [5.74, 6) is -0.611. The molecule has 5 rings (SSSR count). The second-order valence-electron chi connectivity index (χ2n) is 8.57. The van der Waals surface area contributed by atoms with E-state index in [2.05, 4.69) is 5.32 Å². The van der Waals surface area contributed by atoms with Crippen LogP contribution in [0.5, 0.6) is 0 Å². The summed E-state index contributed by atoms with van der Waals surface area (Å²) in [5, 5.41) is 2.98. The first-order valence-corrected chi connectivity index (χ1v) is 11.2. The second kappa shape index (κ2) is 8.79. The number of carbonyl (C=O) groups excluding carboxylic acids is 2. The number of nitrogens with one attached hydrogen (secondary N) is 1. The minimum Gasteiger partial charge on any atom is -0.381 e. The van der Waals surface area contributed by atoms with Gasteiger partial charge < -0.3 is 15.0 Å². The van der Waals surface area contributed by atoms with Gasteiger partial charge in [-0.1, -0.05) is 30.3 Å². The number of ether oxygens (including phenoxy) is 1. The van der Waals surface area contributed by atoms with Gasteiger partial charge in [-0.25, -0.2) is 4.39 Å². The van der Waals surface area contributed by atoms with Crippen molar-refractivity contribution in [2.24, 2.45) is 0 Å². The third-order valence-corrected chi connectivity index (χ3v) is 6.68. The van der Waals surface area contributed by atoms with Crippen molar-refractivity contribution in [2.45, 2.75) is 24.7 Å². The number of hydrogen-bond donors (Lipinski definition) is 1. The Morgan fingerprint density at radius 1 is 0.939 bits per heavy atom. The van der Waals surface area contributed by atoms with E-state index < -0.39 is 5.41 Å². The molecule has 0 saturated carbocycles. The van der Waals surface area contributed by atoms with Crippen molar-refractivity contribution in [2.75, 3.05) is 30.0 Å². The third kappa shape index (κ3) is 4.02. The summed E-state index contributed by atoms with van der Waals surface area (Å²) in [6.07, 6.45) is 1.81. The van der Waals surface area contributed by atoms with E-state index >= 15 is 0 Å². The minimum atomic E-state index is -0.853. The molecule has 0 aliphatic carbocycles. The number of carbonyl (C=O) groups is 2. The van der Waals surface area contributed by atoms with Crippen LogP contribution < -0.4 is 10.2 Å². The highest BCUT2D eigenvalue weighted by Crippen LogP contribution is 2.36. The average Bonchev–Trinajstić information content (AvgIpc) is 3.29. The van der Waals surface area contributed by atoms with Crippen molar-refractivity contribution in [3.63, 3.8) is 0 Å². The Balaban J connectivity index is 1.34. The minimum absolute atomic E-state index is 0.0570. The van der Waals surface area contributed by atoms with Gasteiger partial charge in [0.05, 0.1) is 5.41 Å². The van der Waals surface area contributed by atoms with E-state index in [0.29, 0.717) is 49.4 Å². The van der Waals surface area contributed by atoms with E-state index in [4.69, 9.17) is 4.74 Å². The molecular weight excluding hydrogens is 419 g/mol. The lowest BCUT2D eigenvalue weighted by Gasteiger charge is -2.36. The van der Waals surface area contributed by atoms with Crippen LogP contribution in [0.2, 0.25) is 0 Å². The number of amides is 2. The first-order chi connectivity index (χ1) is 16.1. The molecule has 1 saturated heterocycles. The highest BCUT2D eigenvalue weighted by atomic mass is 19.1. The van der Waals surface area contributed by atoms with E-state index in [-0.39, 0.29) is 17.6 Å². The van der Waals surface area contributed by atoms with Gasteiger partial charge in [0, 0.05) is 36.7 Å². The van der Waals surface area contributed by atoms with Crippen LogP contribution in [0.4, 0.5) is 15.8 Å². The number of fused-ring (bicyclic) bond motifs is 1. The molecule has 168 valence electrons. The van der Waals surface area contributed by atoms with Crippen molar-refractivity contribution in [3.05, 3.63) is 95.3 Å². The maximum atomic E-state index is 13.9. The van der Waals surface area contributed by atoms with Gasteiger partial charge in [0.15, 0.2) is 0 Å². The van der Waals surface area contributed by atoms with Crippen molar-refractivity contribution in [1.29, 1.82) is 0 Å². The number of halogens is 1. The van der Waals surface area contributed by atoms with Gasteiger partial charge in [0.2, 0.25) is 5.91 Å². The summed E-state index contributed by atoms with van der Waals surface area (Å²) >= 11 is 0. The number of anilines is 2. The molecule has 5 nitrogen and oxygen atoms in total. The van der Waals surface area contributed by atoms with Crippen LogP contribution in [0.1, 0.15) is 34.3 Å². The van der Waals surface area contributed by atoms with E-state index in [1.807, 2.05) is 24.3 Å². The predicted octanol–water partition coefficient (Wildman–Crippen LogP) is 4.72. The molecule has 3 aromatic carbocycles. The zero-order valence-corrected chi connectivity index (χ0v) is 18.2. The molecule has 0 atom stereocenters. The third-order valence-electron chi connectivity index (χ3n) is 6.68. The monoisotopic (exact) mass is 444 g/mol. The number of para-hydroxylation sites is 1. The van der Waals surface area contributed by atoms with E-state index in [9.17, 15) is 14.0 Å². The van der Waals surface area contributed by atoms with E-state index in [1.165, 1.54) is 17.7 Å². The Hall–Kier alpha value is -3.51. The molecule has 1 N–H and O–H groups in total. The first kappa shape index (κ1) is 21.3. The number of nitrogens with zero attached hydrogens (tertiary/aromatic N) is 1. The first-order valence-electron chi connectivity index (χ1n) is 11.2. The van der Waals surface area contributed by atoms with Crippen molar-refractivity contribution in [3.8, 4) is 0 Å². The van der Waals surface area contributed by atoms with Gasteiger partial charge in [0.25, 0.3) is 5.91 Å². The van der Waals surface area contributed by atoms with Crippen molar-refractivity contribution < 1.29 is 18.7 Å². The summed E-state index contributed by atoms with van der Waals surface area (Å²) in [4.78, 5) is 28.2. The van der Waals surface area contributed by atoms with Crippen LogP contribution in [0.15, 0.2) is 72.8 Å². The molecule has 2 amide bonds. The molecule has 0 unspecified atom stereocenters. The number of benzene rings is 3. The molecule has 6 heteroatoms. The summed E-state index contributed by atoms with van der Waals surface area (Å²) < 4.78 is 19.4. The summed E-state index contributed by atoms with van der Waals surface area (Å²) in [7, 11) is 0. The Labute approximate surface area is 192 Å². The lowest BCUT2D eigenvalue weighted by atomic mass is 9.73. The maximum absolute atomic E-state index is 13.9. The molecule has 2 aliphatic heterocycles. The van der Waals surface area contributed by atoms with Gasteiger partial charge >= 0.3 is 0 Å². The molecule has 0 radical (unpaired) electrons. The summed E-state index contributed by atoms with van der Waals surface area (Å²) in [5.41, 5.74) is 3.10. The molecular formula is C27H25FN2O3. The normalized spacial score (nSPS) is 16.8. The Morgan fingerprint density at radius 3 is 2.45 bits per heavy atom. The molecule has 0 spiro atoms. The van der Waals surface area contributed by atoms with Crippen molar-refractivity contribution in [1.82, 2.24) is 0 Å². The summed E-state index contributed by atoms with van der Waals surface area (Å²) in [6, 6.07) is 21.1. The Morgan fingerprint density at radius 2 is 1.70 bits per heavy atom. The fourth-order valence-electron chi connectivity index (χ4n) is 4.80. The fraction of sp³-hybridized carbons (Fsp3) is 0.259. The topological polar surface area (TPSA) is 58.6 Å². The number of hydrogen-bond acceptors (Lipinski definition) is 3. The van der Waals surface area contributed by atoms with Gasteiger partial charge in [-0.05, 0) is 72.9 Å². The molecule has 3 aromatic rings. The lowest BCUT2D eigenvalue weighted by Crippen LogP contribution is -2.44. The highest BCUT2D eigenvalue weighted by molar-refractivity contribution is 6.07. The van der Waals surface area contributed by atoms with E-state index in [0.717, 1.165) is 12.1 Å². The van der Waals surface area contributed by atoms with Gasteiger partial charge in [-0.2, -0.15) is 0 Å². The molecule has 2 aliphatic rings. The largest absolute Gasteiger partial charge is 0.381 e. The standard InChI is InChI=1S/C27H25FN2O3/c28-22-6-3-5-21(18-22)27(13-16-33-17-14-27)26(32)29-23-10-8-20(9-11-23)25(31)30-15-12-19-4-1-2-7-24(19)30/h1-11,18H,12-17H2,(H,29,32).